The summed E-state index contributed by atoms with van der Waals surface area (Å²) in [7, 11) is 0. The molecule has 0 fully saturated rings. The van der Waals surface area contributed by atoms with Crippen LogP contribution in [0.15, 0.2) is 18.2 Å². The van der Waals surface area contributed by atoms with Crippen LogP contribution < -0.4 is 10.6 Å². The second-order valence-electron chi connectivity index (χ2n) is 4.50. The lowest BCUT2D eigenvalue weighted by molar-refractivity contribution is -0.137. The third-order valence-electron chi connectivity index (χ3n) is 2.64. The zero-order chi connectivity index (χ0) is 15.1. The molecule has 1 rings (SSSR count). The fraction of sp³-hybridized carbons (Fsp3) is 0.385. The predicted molar refractivity (Wildman–Crippen MR) is 74.5 cm³/mol. The van der Waals surface area contributed by atoms with Gasteiger partial charge in [-0.3, -0.25) is 4.79 Å². The monoisotopic (exact) mass is 302 g/mol. The van der Waals surface area contributed by atoms with Crippen LogP contribution in [0.1, 0.15) is 19.8 Å². The molecule has 0 heterocycles. The molecule has 0 aliphatic carbocycles. The number of anilines is 1. The van der Waals surface area contributed by atoms with Gasteiger partial charge in [-0.05, 0) is 30.5 Å². The third-order valence-corrected chi connectivity index (χ3v) is 2.95. The van der Waals surface area contributed by atoms with Crippen molar-refractivity contribution in [2.45, 2.75) is 19.8 Å². The van der Waals surface area contributed by atoms with Gasteiger partial charge >= 0.3 is 12.0 Å². The van der Waals surface area contributed by atoms with Crippen molar-refractivity contribution in [3.05, 3.63) is 29.0 Å². The first-order valence-electron chi connectivity index (χ1n) is 6.10. The predicted octanol–water partition coefficient (Wildman–Crippen LogP) is 3.10. The normalized spacial score (nSPS) is 11.8. The number of amides is 2. The van der Waals surface area contributed by atoms with E-state index in [1.54, 1.807) is 0 Å². The van der Waals surface area contributed by atoms with E-state index >= 15 is 0 Å². The molecule has 1 aromatic rings. The first-order valence-corrected chi connectivity index (χ1v) is 6.48. The van der Waals surface area contributed by atoms with Crippen molar-refractivity contribution in [2.75, 3.05) is 11.9 Å². The minimum absolute atomic E-state index is 0.0422. The number of nitrogens with one attached hydrogen (secondary N) is 2. The fourth-order valence-corrected chi connectivity index (χ4v) is 1.71. The molecule has 0 aliphatic heterocycles. The lowest BCUT2D eigenvalue weighted by Crippen LogP contribution is -2.32. The van der Waals surface area contributed by atoms with E-state index in [1.165, 1.54) is 12.1 Å². The maximum absolute atomic E-state index is 12.8. The summed E-state index contributed by atoms with van der Waals surface area (Å²) in [6, 6.07) is 3.19. The number of hydrogen-bond acceptors (Lipinski definition) is 2. The molecule has 0 saturated carbocycles. The highest BCUT2D eigenvalue weighted by Crippen LogP contribution is 2.22. The molecule has 2 amide bonds. The third kappa shape index (κ3) is 5.88. The summed E-state index contributed by atoms with van der Waals surface area (Å²) in [5, 5.41) is 13.7. The molecule has 1 unspecified atom stereocenters. The Morgan fingerprint density at radius 2 is 2.15 bits per heavy atom. The molecule has 5 nitrogen and oxygen atoms in total. The summed E-state index contributed by atoms with van der Waals surface area (Å²) in [6.07, 6.45) is 0.543. The molecule has 1 aromatic carbocycles. The van der Waals surface area contributed by atoms with Crippen LogP contribution in [0.4, 0.5) is 14.9 Å². The number of carboxylic acid groups (broad SMARTS) is 1. The van der Waals surface area contributed by atoms with E-state index in [0.29, 0.717) is 18.7 Å². The van der Waals surface area contributed by atoms with Crippen LogP contribution in [0.25, 0.3) is 0 Å². The summed E-state index contributed by atoms with van der Waals surface area (Å²) >= 11 is 5.77. The van der Waals surface area contributed by atoms with Crippen LogP contribution in [0, 0.1) is 11.7 Å². The molecule has 0 aliphatic rings. The topological polar surface area (TPSA) is 78.4 Å². The summed E-state index contributed by atoms with van der Waals surface area (Å²) in [6.45, 7) is 2.19. The largest absolute Gasteiger partial charge is 0.481 e. The maximum atomic E-state index is 12.8. The number of carbonyl (C=O) groups excluding carboxylic acids is 1. The van der Waals surface area contributed by atoms with E-state index in [4.69, 9.17) is 16.7 Å². The number of carboxylic acids is 1. The van der Waals surface area contributed by atoms with E-state index in [1.807, 2.05) is 6.92 Å². The number of hydrogen-bond donors (Lipinski definition) is 3. The lowest BCUT2D eigenvalue weighted by Gasteiger charge is -2.13. The highest BCUT2D eigenvalue weighted by atomic mass is 35.5. The fourth-order valence-electron chi connectivity index (χ4n) is 1.50. The first kappa shape index (κ1) is 16.2. The molecule has 0 spiro atoms. The van der Waals surface area contributed by atoms with E-state index in [9.17, 15) is 14.0 Å². The molecule has 0 bridgehead atoms. The minimum Gasteiger partial charge on any atom is -0.481 e. The Kier molecular flexibility index (Phi) is 6.24. The Labute approximate surface area is 121 Å². The minimum atomic E-state index is -0.862. The van der Waals surface area contributed by atoms with Gasteiger partial charge in [0.2, 0.25) is 0 Å². The summed E-state index contributed by atoms with van der Waals surface area (Å²) < 4.78 is 12.8. The smallest absolute Gasteiger partial charge is 0.319 e. The van der Waals surface area contributed by atoms with Crippen LogP contribution in [0.2, 0.25) is 5.02 Å². The highest BCUT2D eigenvalue weighted by Gasteiger charge is 2.09. The summed E-state index contributed by atoms with van der Waals surface area (Å²) in [5.41, 5.74) is 0.309. The number of carbonyl (C=O) groups is 2. The van der Waals surface area contributed by atoms with E-state index in [2.05, 4.69) is 10.6 Å². The van der Waals surface area contributed by atoms with Crippen LogP contribution in [-0.2, 0) is 4.79 Å². The van der Waals surface area contributed by atoms with Crippen LogP contribution >= 0.6 is 11.6 Å². The van der Waals surface area contributed by atoms with Gasteiger partial charge in [-0.25, -0.2) is 9.18 Å². The Bertz CT molecular complexity index is 497. The average molecular weight is 303 g/mol. The van der Waals surface area contributed by atoms with Gasteiger partial charge in [0.15, 0.2) is 0 Å². The zero-order valence-electron chi connectivity index (χ0n) is 11.0. The van der Waals surface area contributed by atoms with Crippen molar-refractivity contribution in [1.29, 1.82) is 0 Å². The van der Waals surface area contributed by atoms with Gasteiger partial charge in [0.25, 0.3) is 0 Å². The molecular weight excluding hydrogens is 287 g/mol. The molecule has 7 heteroatoms. The van der Waals surface area contributed by atoms with Crippen LogP contribution in [0.5, 0.6) is 0 Å². The van der Waals surface area contributed by atoms with E-state index in [0.717, 1.165) is 6.07 Å². The molecule has 1 atom stereocenters. The molecule has 0 aromatic heterocycles. The van der Waals surface area contributed by atoms with Gasteiger partial charge < -0.3 is 15.7 Å². The number of halogens is 2. The molecule has 0 saturated heterocycles. The van der Waals surface area contributed by atoms with Crippen LogP contribution in [-0.4, -0.2) is 23.7 Å². The Morgan fingerprint density at radius 1 is 1.45 bits per heavy atom. The molecule has 20 heavy (non-hydrogen) atoms. The Morgan fingerprint density at radius 3 is 2.75 bits per heavy atom. The van der Waals surface area contributed by atoms with Gasteiger partial charge in [-0.2, -0.15) is 0 Å². The molecule has 3 N–H and O–H groups in total. The Hall–Kier alpha value is -1.82. The van der Waals surface area contributed by atoms with Crippen molar-refractivity contribution < 1.29 is 19.1 Å². The van der Waals surface area contributed by atoms with Crippen molar-refractivity contribution in [1.82, 2.24) is 5.32 Å². The SMILES string of the molecule is CC(CCC(=O)O)CNC(=O)Nc1ccc(F)cc1Cl. The summed E-state index contributed by atoms with van der Waals surface area (Å²) in [4.78, 5) is 22.0. The second kappa shape index (κ2) is 7.69. The van der Waals surface area contributed by atoms with Gasteiger partial charge in [0.1, 0.15) is 5.82 Å². The number of benzene rings is 1. The van der Waals surface area contributed by atoms with Crippen molar-refractivity contribution in [3.63, 3.8) is 0 Å². The van der Waals surface area contributed by atoms with Gasteiger partial charge in [0.05, 0.1) is 10.7 Å². The van der Waals surface area contributed by atoms with Crippen molar-refractivity contribution >= 4 is 29.3 Å². The zero-order valence-corrected chi connectivity index (χ0v) is 11.7. The van der Waals surface area contributed by atoms with Gasteiger partial charge in [0, 0.05) is 13.0 Å². The first-order chi connectivity index (χ1) is 9.38. The standard InChI is InChI=1S/C13H16ClFN2O3/c1-8(2-5-12(18)19)7-16-13(20)17-11-4-3-9(15)6-10(11)14/h3-4,6,8H,2,5,7H2,1H3,(H,18,19)(H2,16,17,20). The van der Waals surface area contributed by atoms with Crippen LogP contribution in [0.3, 0.4) is 0 Å². The maximum Gasteiger partial charge on any atom is 0.319 e. The van der Waals surface area contributed by atoms with E-state index < -0.39 is 17.8 Å². The van der Waals surface area contributed by atoms with Gasteiger partial charge in [-0.15, -0.1) is 0 Å². The highest BCUT2D eigenvalue weighted by molar-refractivity contribution is 6.33. The van der Waals surface area contributed by atoms with E-state index in [-0.39, 0.29) is 17.4 Å². The Balaban J connectivity index is 2.38. The number of rotatable bonds is 6. The van der Waals surface area contributed by atoms with Crippen molar-refractivity contribution in [2.24, 2.45) is 5.92 Å². The lowest BCUT2D eigenvalue weighted by atomic mass is 10.1. The molecule has 110 valence electrons. The average Bonchev–Trinajstić information content (AvgIpc) is 2.37. The van der Waals surface area contributed by atoms with Crippen molar-refractivity contribution in [3.8, 4) is 0 Å². The molecule has 0 radical (unpaired) electrons. The number of urea groups is 1. The summed E-state index contributed by atoms with van der Waals surface area (Å²) in [5.74, 6) is -1.30. The number of aliphatic carboxylic acids is 1. The second-order valence-corrected chi connectivity index (χ2v) is 4.90. The molecular formula is C13H16ClFN2O3. The quantitative estimate of drug-likeness (QED) is 0.755. The van der Waals surface area contributed by atoms with Gasteiger partial charge in [-0.1, -0.05) is 18.5 Å².